The summed E-state index contributed by atoms with van der Waals surface area (Å²) >= 11 is 0. The van der Waals surface area contributed by atoms with Crippen LogP contribution in [0.1, 0.15) is 31.0 Å². The van der Waals surface area contributed by atoms with Gasteiger partial charge in [-0.15, -0.1) is 0 Å². The molecule has 0 aliphatic heterocycles. The third-order valence-electron chi connectivity index (χ3n) is 2.16. The summed E-state index contributed by atoms with van der Waals surface area (Å²) in [6.07, 6.45) is 3.30. The van der Waals surface area contributed by atoms with Crippen molar-refractivity contribution in [3.63, 3.8) is 0 Å². The Hall–Kier alpha value is -0.940. The highest BCUT2D eigenvalue weighted by atomic mass is 32.2. The average Bonchev–Trinajstić information content (AvgIpc) is 2.16. The van der Waals surface area contributed by atoms with E-state index in [0.717, 1.165) is 11.9 Å². The largest absolute Gasteiger partial charge is 0.270 e. The lowest BCUT2D eigenvalue weighted by atomic mass is 10.0. The van der Waals surface area contributed by atoms with E-state index in [1.54, 1.807) is 6.20 Å². The molecule has 0 bridgehead atoms. The average molecular weight is 243 g/mol. The Morgan fingerprint density at radius 3 is 2.69 bits per heavy atom. The molecule has 5 heteroatoms. The molecule has 0 radical (unpaired) electrons. The van der Waals surface area contributed by atoms with Gasteiger partial charge in [-0.25, -0.2) is 0 Å². The van der Waals surface area contributed by atoms with Crippen molar-refractivity contribution in [3.8, 4) is 0 Å². The summed E-state index contributed by atoms with van der Waals surface area (Å²) in [5.74, 6) is 0.442. The van der Waals surface area contributed by atoms with Crippen molar-refractivity contribution in [2.75, 3.05) is 12.9 Å². The summed E-state index contributed by atoms with van der Waals surface area (Å²) in [6, 6.07) is 3.95. The van der Waals surface area contributed by atoms with Gasteiger partial charge in [0.25, 0.3) is 10.1 Å². The van der Waals surface area contributed by atoms with Crippen molar-refractivity contribution in [1.29, 1.82) is 0 Å². The van der Waals surface area contributed by atoms with Crippen LogP contribution in [0.15, 0.2) is 18.3 Å². The smallest absolute Gasteiger partial charge is 0.264 e. The number of nitrogens with zero attached hydrogens (tertiary/aromatic N) is 1. The Morgan fingerprint density at radius 1 is 1.44 bits per heavy atom. The second kappa shape index (κ2) is 5.41. The molecule has 1 rings (SSSR count). The zero-order valence-corrected chi connectivity index (χ0v) is 10.6. The molecule has 0 atom stereocenters. The van der Waals surface area contributed by atoms with Crippen molar-refractivity contribution >= 4 is 10.1 Å². The van der Waals surface area contributed by atoms with Gasteiger partial charge >= 0.3 is 0 Å². The van der Waals surface area contributed by atoms with Gasteiger partial charge in [0.2, 0.25) is 0 Å². The molecule has 90 valence electrons. The number of pyridine rings is 1. The third kappa shape index (κ3) is 4.72. The van der Waals surface area contributed by atoms with Gasteiger partial charge < -0.3 is 0 Å². The number of hydrogen-bond donors (Lipinski definition) is 0. The fraction of sp³-hybridized carbons (Fsp3) is 0.545. The number of hydrogen-bond acceptors (Lipinski definition) is 4. The molecule has 0 N–H and O–H groups in total. The second-order valence-corrected chi connectivity index (χ2v) is 5.66. The van der Waals surface area contributed by atoms with E-state index in [0.29, 0.717) is 12.3 Å². The Morgan fingerprint density at radius 2 is 2.12 bits per heavy atom. The first kappa shape index (κ1) is 13.1. The zero-order valence-electron chi connectivity index (χ0n) is 9.80. The normalized spacial score (nSPS) is 12.0. The van der Waals surface area contributed by atoms with Gasteiger partial charge in [0.05, 0.1) is 12.9 Å². The highest BCUT2D eigenvalue weighted by Gasteiger charge is 2.04. The maximum atomic E-state index is 10.8. The maximum Gasteiger partial charge on any atom is 0.264 e. The Labute approximate surface area is 96.8 Å². The Kier molecular flexibility index (Phi) is 4.44. The van der Waals surface area contributed by atoms with E-state index in [2.05, 4.69) is 23.0 Å². The lowest BCUT2D eigenvalue weighted by Crippen LogP contribution is -2.07. The molecule has 1 aromatic rings. The summed E-state index contributed by atoms with van der Waals surface area (Å²) < 4.78 is 26.2. The van der Waals surface area contributed by atoms with E-state index in [-0.39, 0.29) is 6.61 Å². The minimum Gasteiger partial charge on any atom is -0.270 e. The molecule has 1 heterocycles. The van der Waals surface area contributed by atoms with Gasteiger partial charge in [0.15, 0.2) is 0 Å². The Bertz CT molecular complexity index is 440. The monoisotopic (exact) mass is 243 g/mol. The quantitative estimate of drug-likeness (QED) is 0.739. The van der Waals surface area contributed by atoms with Crippen LogP contribution in [0.2, 0.25) is 0 Å². The molecule has 16 heavy (non-hydrogen) atoms. The Balaban J connectivity index is 2.58. The van der Waals surface area contributed by atoms with E-state index in [4.69, 9.17) is 0 Å². The molecule has 0 fully saturated rings. The maximum absolute atomic E-state index is 10.8. The second-order valence-electron chi connectivity index (χ2n) is 4.01. The molecule has 0 aromatic carbocycles. The van der Waals surface area contributed by atoms with Crippen molar-refractivity contribution in [2.45, 2.75) is 26.2 Å². The molecule has 0 saturated carbocycles. The molecular weight excluding hydrogens is 226 g/mol. The van der Waals surface area contributed by atoms with Crippen molar-refractivity contribution in [1.82, 2.24) is 4.98 Å². The molecule has 0 spiro atoms. The van der Waals surface area contributed by atoms with E-state index in [9.17, 15) is 8.42 Å². The lowest BCUT2D eigenvalue weighted by Gasteiger charge is -2.07. The summed E-state index contributed by atoms with van der Waals surface area (Å²) in [7, 11) is -3.35. The predicted octanol–water partition coefficient (Wildman–Crippen LogP) is 1.72. The fourth-order valence-electron chi connectivity index (χ4n) is 1.29. The minimum atomic E-state index is -3.35. The van der Waals surface area contributed by atoms with Gasteiger partial charge in [-0.3, -0.25) is 9.17 Å². The van der Waals surface area contributed by atoms with Crippen molar-refractivity contribution in [2.24, 2.45) is 0 Å². The van der Waals surface area contributed by atoms with E-state index >= 15 is 0 Å². The first-order chi connectivity index (χ1) is 7.38. The first-order valence-electron chi connectivity index (χ1n) is 5.18. The van der Waals surface area contributed by atoms with Crippen molar-refractivity contribution < 1.29 is 12.6 Å². The summed E-state index contributed by atoms with van der Waals surface area (Å²) in [4.78, 5) is 4.17. The van der Waals surface area contributed by atoms with Gasteiger partial charge in [-0.1, -0.05) is 13.8 Å². The molecule has 0 amide bonds. The number of rotatable bonds is 5. The molecule has 4 nitrogen and oxygen atoms in total. The zero-order chi connectivity index (χ0) is 12.2. The van der Waals surface area contributed by atoms with Crippen LogP contribution in [-0.2, 0) is 20.7 Å². The summed E-state index contributed by atoms with van der Waals surface area (Å²) in [5.41, 5.74) is 2.05. The van der Waals surface area contributed by atoms with E-state index < -0.39 is 10.1 Å². The fourth-order valence-corrected chi connectivity index (χ4v) is 1.68. The predicted molar refractivity (Wildman–Crippen MR) is 62.8 cm³/mol. The van der Waals surface area contributed by atoms with Crippen LogP contribution >= 0.6 is 0 Å². The SMILES string of the molecule is CC(C)c1ccnc(CCOS(C)(=O)=O)c1. The molecular formula is C11H17NO3S. The number of aromatic nitrogens is 1. The van der Waals surface area contributed by atoms with Gasteiger partial charge in [0, 0.05) is 18.3 Å². The highest BCUT2D eigenvalue weighted by Crippen LogP contribution is 2.14. The topological polar surface area (TPSA) is 56.3 Å². The minimum absolute atomic E-state index is 0.146. The van der Waals surface area contributed by atoms with Crippen LogP contribution in [0.4, 0.5) is 0 Å². The van der Waals surface area contributed by atoms with Crippen LogP contribution in [-0.4, -0.2) is 26.3 Å². The molecule has 1 aromatic heterocycles. The molecule has 0 saturated heterocycles. The third-order valence-corrected chi connectivity index (χ3v) is 2.76. The van der Waals surface area contributed by atoms with Gasteiger partial charge in [-0.2, -0.15) is 8.42 Å². The van der Waals surface area contributed by atoms with Crippen LogP contribution in [0, 0.1) is 0 Å². The molecule has 0 aliphatic carbocycles. The van der Waals surface area contributed by atoms with Gasteiger partial charge in [-0.05, 0) is 23.6 Å². The summed E-state index contributed by atoms with van der Waals surface area (Å²) in [5, 5.41) is 0. The highest BCUT2D eigenvalue weighted by molar-refractivity contribution is 7.85. The lowest BCUT2D eigenvalue weighted by molar-refractivity contribution is 0.324. The van der Waals surface area contributed by atoms with Crippen LogP contribution < -0.4 is 0 Å². The molecule has 0 unspecified atom stereocenters. The van der Waals surface area contributed by atoms with Gasteiger partial charge in [0.1, 0.15) is 0 Å². The van der Waals surface area contributed by atoms with Crippen LogP contribution in [0.5, 0.6) is 0 Å². The van der Waals surface area contributed by atoms with Crippen molar-refractivity contribution in [3.05, 3.63) is 29.6 Å². The van der Waals surface area contributed by atoms with Crippen LogP contribution in [0.25, 0.3) is 0 Å². The summed E-state index contributed by atoms with van der Waals surface area (Å²) in [6.45, 7) is 4.35. The van der Waals surface area contributed by atoms with E-state index in [1.807, 2.05) is 12.1 Å². The first-order valence-corrected chi connectivity index (χ1v) is 6.99. The molecule has 0 aliphatic rings. The van der Waals surface area contributed by atoms with E-state index in [1.165, 1.54) is 5.56 Å². The van der Waals surface area contributed by atoms with Crippen LogP contribution in [0.3, 0.4) is 0 Å². The standard InChI is InChI=1S/C11H17NO3S/c1-9(2)10-4-6-12-11(8-10)5-7-15-16(3,13)14/h4,6,8-9H,5,7H2,1-3H3.